The van der Waals surface area contributed by atoms with Gasteiger partial charge in [-0.05, 0) is 42.2 Å². The number of carbonyl (C=O) groups excluding carboxylic acids is 1. The lowest BCUT2D eigenvalue weighted by atomic mass is 9.91. The van der Waals surface area contributed by atoms with Gasteiger partial charge in [-0.2, -0.15) is 4.39 Å². The van der Waals surface area contributed by atoms with Gasteiger partial charge in [0, 0.05) is 13.1 Å². The number of nitrogens with zero attached hydrogens (tertiary/aromatic N) is 1. The lowest BCUT2D eigenvalue weighted by Gasteiger charge is -2.25. The Balaban J connectivity index is 1.82. The standard InChI is InChI=1S/C19H20F2N4O/c20-13-8-12(9-24-10-13)11-4-6-14(7-5-11)25-18(21)15-2-1-3-16(17(15)22)19(23)26/h1-7,12-13,24H,8-10,22H2,(H2,23,26). The number of halogens is 2. The molecular formula is C19H20F2N4O. The van der Waals surface area contributed by atoms with Gasteiger partial charge in [-0.1, -0.05) is 18.2 Å². The first-order valence-corrected chi connectivity index (χ1v) is 8.33. The van der Waals surface area contributed by atoms with Crippen LogP contribution in [0.25, 0.3) is 0 Å². The summed E-state index contributed by atoms with van der Waals surface area (Å²) in [6, 6.07) is 11.3. The predicted octanol–water partition coefficient (Wildman–Crippen LogP) is 2.83. The molecule has 2 atom stereocenters. The molecule has 0 spiro atoms. The van der Waals surface area contributed by atoms with E-state index in [4.69, 9.17) is 11.5 Å². The van der Waals surface area contributed by atoms with Crippen molar-refractivity contribution in [3.05, 3.63) is 59.2 Å². The number of nitrogens with one attached hydrogen (secondary N) is 1. The molecule has 136 valence electrons. The van der Waals surface area contributed by atoms with E-state index in [1.54, 1.807) is 12.1 Å². The van der Waals surface area contributed by atoms with Crippen LogP contribution in [0.15, 0.2) is 47.5 Å². The van der Waals surface area contributed by atoms with Crippen molar-refractivity contribution >= 4 is 23.2 Å². The van der Waals surface area contributed by atoms with E-state index in [9.17, 15) is 13.6 Å². The summed E-state index contributed by atoms with van der Waals surface area (Å²) < 4.78 is 28.0. The molecule has 5 N–H and O–H groups in total. The van der Waals surface area contributed by atoms with E-state index in [2.05, 4.69) is 10.3 Å². The maximum atomic E-state index is 14.5. The summed E-state index contributed by atoms with van der Waals surface area (Å²) in [5.41, 5.74) is 12.4. The molecule has 3 rings (SSSR count). The van der Waals surface area contributed by atoms with E-state index < -0.39 is 18.0 Å². The second kappa shape index (κ2) is 7.61. The number of primary amides is 1. The first-order valence-electron chi connectivity index (χ1n) is 8.33. The maximum Gasteiger partial charge on any atom is 0.250 e. The van der Waals surface area contributed by atoms with Gasteiger partial charge in [-0.3, -0.25) is 4.79 Å². The van der Waals surface area contributed by atoms with Gasteiger partial charge in [0.05, 0.1) is 22.5 Å². The van der Waals surface area contributed by atoms with Crippen LogP contribution < -0.4 is 16.8 Å². The van der Waals surface area contributed by atoms with Crippen LogP contribution in [-0.2, 0) is 0 Å². The summed E-state index contributed by atoms with van der Waals surface area (Å²) in [6.07, 6.45) is -0.384. The van der Waals surface area contributed by atoms with Crippen LogP contribution in [0.4, 0.5) is 20.2 Å². The minimum Gasteiger partial charge on any atom is -0.397 e. The number of aliphatic imine (C=N–C) groups is 1. The van der Waals surface area contributed by atoms with Crippen molar-refractivity contribution in [2.24, 2.45) is 10.7 Å². The molecule has 0 saturated carbocycles. The third-order valence-corrected chi connectivity index (χ3v) is 4.48. The number of nitrogens with two attached hydrogens (primary N) is 2. The van der Waals surface area contributed by atoms with Crippen molar-refractivity contribution in [1.29, 1.82) is 0 Å². The zero-order valence-corrected chi connectivity index (χ0v) is 14.1. The number of anilines is 1. The van der Waals surface area contributed by atoms with Crippen molar-refractivity contribution in [3.8, 4) is 0 Å². The largest absolute Gasteiger partial charge is 0.397 e. The molecule has 2 unspecified atom stereocenters. The van der Waals surface area contributed by atoms with Gasteiger partial charge in [0.15, 0.2) is 0 Å². The minimum absolute atomic E-state index is 0.0159. The Hall–Kier alpha value is -2.80. The Labute approximate surface area is 150 Å². The Kier molecular flexibility index (Phi) is 5.27. The summed E-state index contributed by atoms with van der Waals surface area (Å²) in [5, 5.41) is 3.06. The average molecular weight is 358 g/mol. The second-order valence-electron chi connectivity index (χ2n) is 6.31. The highest BCUT2D eigenvalue weighted by molar-refractivity contribution is 6.06. The molecule has 0 radical (unpaired) electrons. The number of piperidine rings is 1. The fourth-order valence-corrected chi connectivity index (χ4v) is 3.10. The van der Waals surface area contributed by atoms with Crippen molar-refractivity contribution in [2.75, 3.05) is 18.8 Å². The number of alkyl halides is 1. The van der Waals surface area contributed by atoms with Gasteiger partial charge >= 0.3 is 0 Å². The quantitative estimate of drug-likeness (QED) is 0.579. The fraction of sp³-hybridized carbons (Fsp3) is 0.263. The van der Waals surface area contributed by atoms with Gasteiger partial charge < -0.3 is 16.8 Å². The van der Waals surface area contributed by atoms with Gasteiger partial charge in [0.2, 0.25) is 5.97 Å². The molecule has 1 fully saturated rings. The average Bonchev–Trinajstić information content (AvgIpc) is 2.62. The maximum absolute atomic E-state index is 14.5. The molecule has 2 aromatic carbocycles. The molecule has 5 nitrogen and oxygen atoms in total. The zero-order valence-electron chi connectivity index (χ0n) is 14.1. The topological polar surface area (TPSA) is 93.5 Å². The monoisotopic (exact) mass is 358 g/mol. The summed E-state index contributed by atoms with van der Waals surface area (Å²) in [6.45, 7) is 1.10. The Bertz CT molecular complexity index is 836. The molecule has 1 saturated heterocycles. The number of hydrogen-bond acceptors (Lipinski definition) is 4. The van der Waals surface area contributed by atoms with Crippen LogP contribution in [0, 0.1) is 0 Å². The highest BCUT2D eigenvalue weighted by Crippen LogP contribution is 2.27. The Morgan fingerprint density at radius 2 is 1.81 bits per heavy atom. The molecule has 1 aliphatic rings. The molecule has 1 amide bonds. The molecule has 1 heterocycles. The molecule has 2 aromatic rings. The van der Waals surface area contributed by atoms with E-state index in [0.29, 0.717) is 25.2 Å². The molecule has 0 aliphatic carbocycles. The molecule has 0 bridgehead atoms. The van der Waals surface area contributed by atoms with Crippen molar-refractivity contribution in [1.82, 2.24) is 5.32 Å². The van der Waals surface area contributed by atoms with E-state index in [-0.39, 0.29) is 22.7 Å². The van der Waals surface area contributed by atoms with Crippen molar-refractivity contribution < 1.29 is 13.6 Å². The summed E-state index contributed by atoms with van der Waals surface area (Å²) >= 11 is 0. The molecule has 1 aliphatic heterocycles. The predicted molar refractivity (Wildman–Crippen MR) is 98.2 cm³/mol. The van der Waals surface area contributed by atoms with Gasteiger partial charge in [0.1, 0.15) is 6.17 Å². The molecule has 26 heavy (non-hydrogen) atoms. The lowest BCUT2D eigenvalue weighted by Crippen LogP contribution is -2.36. The lowest BCUT2D eigenvalue weighted by molar-refractivity contribution is 0.100. The number of hydrogen-bond donors (Lipinski definition) is 3. The number of rotatable bonds is 4. The van der Waals surface area contributed by atoms with E-state index in [1.807, 2.05) is 12.1 Å². The fourth-order valence-electron chi connectivity index (χ4n) is 3.10. The third-order valence-electron chi connectivity index (χ3n) is 4.48. The highest BCUT2D eigenvalue weighted by Gasteiger charge is 2.22. The van der Waals surface area contributed by atoms with Gasteiger partial charge in [0.25, 0.3) is 5.91 Å². The third kappa shape index (κ3) is 3.88. The van der Waals surface area contributed by atoms with Crippen LogP contribution in [-0.4, -0.2) is 31.1 Å². The van der Waals surface area contributed by atoms with E-state index in [1.165, 1.54) is 18.2 Å². The zero-order chi connectivity index (χ0) is 18.7. The van der Waals surface area contributed by atoms with Gasteiger partial charge in [-0.25, -0.2) is 9.38 Å². The summed E-state index contributed by atoms with van der Waals surface area (Å²) in [5.74, 6) is -1.44. The first kappa shape index (κ1) is 18.0. The highest BCUT2D eigenvalue weighted by atomic mass is 19.1. The Morgan fingerprint density at radius 3 is 2.46 bits per heavy atom. The molecule has 7 heteroatoms. The number of nitrogen functional groups attached to an aromatic ring is 1. The number of benzene rings is 2. The minimum atomic E-state index is -0.857. The van der Waals surface area contributed by atoms with Gasteiger partial charge in [-0.15, -0.1) is 0 Å². The van der Waals surface area contributed by atoms with E-state index >= 15 is 0 Å². The number of amides is 1. The number of para-hydroxylation sites is 1. The second-order valence-corrected chi connectivity index (χ2v) is 6.31. The summed E-state index contributed by atoms with van der Waals surface area (Å²) in [7, 11) is 0. The smallest absolute Gasteiger partial charge is 0.250 e. The van der Waals surface area contributed by atoms with Crippen LogP contribution in [0.5, 0.6) is 0 Å². The van der Waals surface area contributed by atoms with E-state index in [0.717, 1.165) is 5.56 Å². The normalized spacial score (nSPS) is 20.8. The number of carbonyl (C=O) groups is 1. The van der Waals surface area contributed by atoms with Crippen LogP contribution in [0.2, 0.25) is 0 Å². The van der Waals surface area contributed by atoms with Crippen LogP contribution in [0.1, 0.15) is 33.8 Å². The van der Waals surface area contributed by atoms with Crippen LogP contribution >= 0.6 is 0 Å². The molecule has 0 aromatic heterocycles. The van der Waals surface area contributed by atoms with Crippen LogP contribution in [0.3, 0.4) is 0 Å². The molecular weight excluding hydrogens is 338 g/mol. The van der Waals surface area contributed by atoms with Crippen molar-refractivity contribution in [3.63, 3.8) is 0 Å². The Morgan fingerprint density at radius 1 is 1.12 bits per heavy atom. The summed E-state index contributed by atoms with van der Waals surface area (Å²) in [4.78, 5) is 15.2. The SMILES string of the molecule is NC(=O)c1cccc(C(F)=Nc2ccc(C3CNCC(F)C3)cc2)c1N. The van der Waals surface area contributed by atoms with Crippen molar-refractivity contribution in [2.45, 2.75) is 18.5 Å². The first-order chi connectivity index (χ1) is 12.5.